The number of hydrogen-bond acceptors (Lipinski definition) is 5. The molecule has 1 aliphatic rings. The molecule has 1 aromatic carbocycles. The van der Waals surface area contributed by atoms with E-state index in [4.69, 9.17) is 0 Å². The number of methoxy groups -OCH3 is 1. The quantitative estimate of drug-likeness (QED) is 0.805. The molecule has 2 rings (SSSR count). The van der Waals surface area contributed by atoms with Gasteiger partial charge in [0.05, 0.1) is 17.9 Å². The molecule has 7 nitrogen and oxygen atoms in total. The highest BCUT2D eigenvalue weighted by Gasteiger charge is 2.37. The fraction of sp³-hybridized carbons (Fsp3) is 0.385. The molecule has 1 atom stereocenters. The van der Waals surface area contributed by atoms with Gasteiger partial charge in [-0.05, 0) is 19.1 Å². The lowest BCUT2D eigenvalue weighted by atomic mass is 10.0. The predicted molar refractivity (Wildman–Crippen MR) is 73.3 cm³/mol. The number of carbonyl (C=O) groups is 2. The summed E-state index contributed by atoms with van der Waals surface area (Å²) in [4.78, 5) is 23.2. The van der Waals surface area contributed by atoms with Gasteiger partial charge in [0, 0.05) is 13.0 Å². The van der Waals surface area contributed by atoms with E-state index in [0.29, 0.717) is 0 Å². The van der Waals surface area contributed by atoms with Crippen LogP contribution in [-0.2, 0) is 24.3 Å². The molecular weight excluding hydrogens is 296 g/mol. The first kappa shape index (κ1) is 15.5. The molecule has 1 aliphatic heterocycles. The van der Waals surface area contributed by atoms with Crippen LogP contribution in [0.5, 0.6) is 0 Å². The summed E-state index contributed by atoms with van der Waals surface area (Å²) in [6.45, 7) is 1.70. The van der Waals surface area contributed by atoms with Gasteiger partial charge >= 0.3 is 5.97 Å². The summed E-state index contributed by atoms with van der Waals surface area (Å²) in [6.07, 6.45) is -0.0907. The minimum absolute atomic E-state index is 0.0546. The third-order valence-corrected chi connectivity index (χ3v) is 4.90. The number of amides is 1. The minimum atomic E-state index is -3.89. The fourth-order valence-corrected chi connectivity index (χ4v) is 3.37. The maximum absolute atomic E-state index is 12.5. The monoisotopic (exact) mass is 312 g/mol. The average Bonchev–Trinajstić information content (AvgIpc) is 2.46. The Bertz CT molecular complexity index is 654. The van der Waals surface area contributed by atoms with Gasteiger partial charge in [-0.25, -0.2) is 8.42 Å². The molecule has 1 amide bonds. The smallest absolute Gasteiger partial charge is 0.310 e. The maximum Gasteiger partial charge on any atom is 0.310 e. The summed E-state index contributed by atoms with van der Waals surface area (Å²) in [7, 11) is -2.69. The van der Waals surface area contributed by atoms with E-state index in [1.165, 1.54) is 19.2 Å². The summed E-state index contributed by atoms with van der Waals surface area (Å²) in [5, 5.41) is 0. The first-order chi connectivity index (χ1) is 9.84. The standard InChI is InChI=1S/C13H16N2O5S/c1-9-3-5-11(6-4-9)21(18,19)15-8-10(13(17)20-2)7-12(16)14-15/h3-6,10H,7-8H2,1-2H3,(H,14,16). The summed E-state index contributed by atoms with van der Waals surface area (Å²) in [6, 6.07) is 6.24. The number of aryl methyl sites for hydroxylation is 1. The van der Waals surface area contributed by atoms with Gasteiger partial charge in [-0.15, -0.1) is 4.41 Å². The predicted octanol–water partition coefficient (Wildman–Crippen LogP) is 0.210. The zero-order chi connectivity index (χ0) is 15.6. The Labute approximate surface area is 122 Å². The number of esters is 1. The number of carbonyl (C=O) groups excluding carboxylic acids is 2. The van der Waals surface area contributed by atoms with Crippen molar-refractivity contribution in [1.29, 1.82) is 0 Å². The highest BCUT2D eigenvalue weighted by atomic mass is 32.2. The van der Waals surface area contributed by atoms with E-state index in [2.05, 4.69) is 10.2 Å². The van der Waals surface area contributed by atoms with E-state index in [1.54, 1.807) is 12.1 Å². The third kappa shape index (κ3) is 3.22. The van der Waals surface area contributed by atoms with Crippen molar-refractivity contribution in [3.05, 3.63) is 29.8 Å². The summed E-state index contributed by atoms with van der Waals surface area (Å²) in [5.74, 6) is -1.94. The number of sulfonamides is 1. The van der Waals surface area contributed by atoms with Gasteiger partial charge in [-0.3, -0.25) is 15.0 Å². The van der Waals surface area contributed by atoms with Crippen LogP contribution in [0.3, 0.4) is 0 Å². The SMILES string of the molecule is COC(=O)C1CC(=O)NN(S(=O)(=O)c2ccc(C)cc2)C1. The number of nitrogens with zero attached hydrogens (tertiary/aromatic N) is 1. The van der Waals surface area contributed by atoms with Crippen molar-refractivity contribution >= 4 is 21.9 Å². The average molecular weight is 312 g/mol. The Kier molecular flexibility index (Phi) is 4.29. The molecule has 8 heteroatoms. The van der Waals surface area contributed by atoms with Gasteiger partial charge < -0.3 is 4.74 Å². The van der Waals surface area contributed by atoms with Crippen LogP contribution in [0, 0.1) is 12.8 Å². The molecule has 0 aliphatic carbocycles. The zero-order valence-corrected chi connectivity index (χ0v) is 12.5. The number of hydrazine groups is 1. The molecule has 1 N–H and O–H groups in total. The molecule has 0 radical (unpaired) electrons. The Hall–Kier alpha value is -1.93. The van der Waals surface area contributed by atoms with Crippen molar-refractivity contribution in [2.45, 2.75) is 18.2 Å². The lowest BCUT2D eigenvalue weighted by Gasteiger charge is -2.30. The van der Waals surface area contributed by atoms with Crippen LogP contribution in [0.2, 0.25) is 0 Å². The van der Waals surface area contributed by atoms with Crippen molar-refractivity contribution in [1.82, 2.24) is 9.84 Å². The molecule has 114 valence electrons. The second-order valence-electron chi connectivity index (χ2n) is 4.81. The minimum Gasteiger partial charge on any atom is -0.469 e. The highest BCUT2D eigenvalue weighted by molar-refractivity contribution is 7.89. The van der Waals surface area contributed by atoms with E-state index in [-0.39, 0.29) is 17.9 Å². The van der Waals surface area contributed by atoms with Crippen LogP contribution in [0.1, 0.15) is 12.0 Å². The van der Waals surface area contributed by atoms with Crippen molar-refractivity contribution < 1.29 is 22.7 Å². The molecule has 1 fully saturated rings. The van der Waals surface area contributed by atoms with Crippen LogP contribution < -0.4 is 5.43 Å². The molecule has 1 heterocycles. The lowest BCUT2D eigenvalue weighted by Crippen LogP contribution is -2.54. The summed E-state index contributed by atoms with van der Waals surface area (Å²) in [5.41, 5.74) is 3.20. The maximum atomic E-state index is 12.5. The van der Waals surface area contributed by atoms with E-state index in [9.17, 15) is 18.0 Å². The van der Waals surface area contributed by atoms with Crippen molar-refractivity contribution in [3.8, 4) is 0 Å². The number of benzene rings is 1. The first-order valence-electron chi connectivity index (χ1n) is 6.31. The van der Waals surface area contributed by atoms with Crippen molar-refractivity contribution in [2.24, 2.45) is 5.92 Å². The van der Waals surface area contributed by atoms with Crippen molar-refractivity contribution in [2.75, 3.05) is 13.7 Å². The summed E-state index contributed by atoms with van der Waals surface area (Å²) >= 11 is 0. The molecule has 0 bridgehead atoms. The number of rotatable bonds is 3. The Morgan fingerprint density at radius 1 is 1.33 bits per heavy atom. The normalized spacial score (nSPS) is 19.9. The van der Waals surface area contributed by atoms with E-state index < -0.39 is 27.8 Å². The van der Waals surface area contributed by atoms with Crippen LogP contribution in [0.4, 0.5) is 0 Å². The second-order valence-corrected chi connectivity index (χ2v) is 6.67. The number of hydrogen-bond donors (Lipinski definition) is 1. The van der Waals surface area contributed by atoms with Gasteiger partial charge in [-0.1, -0.05) is 17.7 Å². The van der Waals surface area contributed by atoms with Gasteiger partial charge in [-0.2, -0.15) is 0 Å². The van der Waals surface area contributed by atoms with E-state index >= 15 is 0 Å². The first-order valence-corrected chi connectivity index (χ1v) is 7.75. The number of nitrogens with one attached hydrogen (secondary N) is 1. The van der Waals surface area contributed by atoms with Gasteiger partial charge in [0.15, 0.2) is 0 Å². The highest BCUT2D eigenvalue weighted by Crippen LogP contribution is 2.20. The molecule has 1 saturated heterocycles. The molecule has 1 unspecified atom stereocenters. The molecule has 0 aromatic heterocycles. The van der Waals surface area contributed by atoms with Crippen LogP contribution >= 0.6 is 0 Å². The third-order valence-electron chi connectivity index (χ3n) is 3.21. The Balaban J connectivity index is 2.28. The Morgan fingerprint density at radius 2 is 1.95 bits per heavy atom. The summed E-state index contributed by atoms with van der Waals surface area (Å²) < 4.78 is 30.3. The molecule has 1 aromatic rings. The zero-order valence-electron chi connectivity index (χ0n) is 11.7. The lowest BCUT2D eigenvalue weighted by molar-refractivity contribution is -0.150. The topological polar surface area (TPSA) is 92.8 Å². The number of ether oxygens (including phenoxy) is 1. The fourth-order valence-electron chi connectivity index (χ4n) is 2.04. The van der Waals surface area contributed by atoms with Crippen LogP contribution in [0.25, 0.3) is 0 Å². The van der Waals surface area contributed by atoms with Crippen LogP contribution in [0.15, 0.2) is 29.2 Å². The van der Waals surface area contributed by atoms with Crippen molar-refractivity contribution in [3.63, 3.8) is 0 Å². The molecule has 21 heavy (non-hydrogen) atoms. The molecule has 0 saturated carbocycles. The molecular formula is C13H16N2O5S. The van der Waals surface area contributed by atoms with Gasteiger partial charge in [0.2, 0.25) is 5.91 Å². The van der Waals surface area contributed by atoms with E-state index in [1.807, 2.05) is 6.92 Å². The largest absolute Gasteiger partial charge is 0.469 e. The van der Waals surface area contributed by atoms with E-state index in [0.717, 1.165) is 9.98 Å². The van der Waals surface area contributed by atoms with Gasteiger partial charge in [0.1, 0.15) is 0 Å². The second kappa shape index (κ2) is 5.82. The van der Waals surface area contributed by atoms with Crippen LogP contribution in [-0.4, -0.2) is 38.4 Å². The van der Waals surface area contributed by atoms with Gasteiger partial charge in [0.25, 0.3) is 10.0 Å². The Morgan fingerprint density at radius 3 is 2.52 bits per heavy atom. The molecule has 0 spiro atoms.